The van der Waals surface area contributed by atoms with Gasteiger partial charge in [-0.3, -0.25) is 14.3 Å². The van der Waals surface area contributed by atoms with Crippen molar-refractivity contribution in [1.29, 1.82) is 0 Å². The van der Waals surface area contributed by atoms with Gasteiger partial charge in [0.25, 0.3) is 0 Å². The number of amides is 2. The Bertz CT molecular complexity index is 1820. The highest BCUT2D eigenvalue weighted by molar-refractivity contribution is 6.32. The van der Waals surface area contributed by atoms with Crippen molar-refractivity contribution in [3.63, 3.8) is 0 Å². The van der Waals surface area contributed by atoms with Crippen molar-refractivity contribution in [2.45, 2.75) is 57.3 Å². The molecule has 0 saturated carbocycles. The number of fused-ring (bicyclic) bond motifs is 2. The van der Waals surface area contributed by atoms with Gasteiger partial charge in [0, 0.05) is 61.7 Å². The number of anilines is 5. The van der Waals surface area contributed by atoms with Gasteiger partial charge in [-0.05, 0) is 68.7 Å². The SMILES string of the molecule is C[C@@H]1CN(c2ncc(Cl)c(Nc3ccc4c(c3)CC(=O)N4C)n2)C[C@@H](C)N1c1ccc2c([C@@H]3CCC(O)NC3=O)nn(C)c2c1. The summed E-state index contributed by atoms with van der Waals surface area (Å²) in [4.78, 5) is 40.4. The molecule has 12 nitrogen and oxygen atoms in total. The van der Waals surface area contributed by atoms with E-state index >= 15 is 0 Å². The van der Waals surface area contributed by atoms with Crippen LogP contribution in [0.4, 0.5) is 28.8 Å². The van der Waals surface area contributed by atoms with Crippen molar-refractivity contribution < 1.29 is 14.7 Å². The van der Waals surface area contributed by atoms with E-state index in [0.29, 0.717) is 49.1 Å². The Morgan fingerprint density at radius 1 is 1.04 bits per heavy atom. The molecule has 13 heteroatoms. The van der Waals surface area contributed by atoms with Crippen LogP contribution in [0.2, 0.25) is 5.02 Å². The molecule has 0 bridgehead atoms. The van der Waals surface area contributed by atoms with Gasteiger partial charge in [0.1, 0.15) is 11.3 Å². The monoisotopic (exact) mass is 629 g/mol. The second-order valence-corrected chi connectivity index (χ2v) is 12.7. The molecule has 4 atom stereocenters. The first-order valence-electron chi connectivity index (χ1n) is 15.2. The van der Waals surface area contributed by atoms with Crippen LogP contribution in [0.15, 0.2) is 42.6 Å². The van der Waals surface area contributed by atoms with Crippen LogP contribution < -0.4 is 25.3 Å². The van der Waals surface area contributed by atoms with E-state index in [9.17, 15) is 14.7 Å². The summed E-state index contributed by atoms with van der Waals surface area (Å²) in [5.74, 6) is 0.624. The van der Waals surface area contributed by atoms with Gasteiger partial charge in [0.15, 0.2) is 5.82 Å². The standard InChI is InChI=1S/C32H36ClN9O3/c1-17-15-41(32-34-14-24(33)30(37-32)35-20-5-9-25-19(11-20)12-28(44)39(25)3)16-18(2)42(17)21-6-7-22-26(13-21)40(4)38-29(22)23-8-10-27(43)36-31(23)45/h5-7,9,11,13-14,17-18,23,27,43H,8,10,12,15-16H2,1-4H3,(H,36,45)(H,34,35,37)/t17-,18-,23+,27?/m1/s1. The molecule has 4 aromatic rings. The quantitative estimate of drug-likeness (QED) is 0.302. The fourth-order valence-corrected chi connectivity index (χ4v) is 7.16. The van der Waals surface area contributed by atoms with Crippen LogP contribution in [0.1, 0.15) is 43.9 Å². The Kier molecular flexibility index (Phi) is 7.28. The second kappa shape index (κ2) is 11.2. The first kappa shape index (κ1) is 29.3. The predicted octanol–water partition coefficient (Wildman–Crippen LogP) is 3.69. The Morgan fingerprint density at radius 2 is 1.82 bits per heavy atom. The Morgan fingerprint density at radius 3 is 2.58 bits per heavy atom. The van der Waals surface area contributed by atoms with Gasteiger partial charge in [-0.15, -0.1) is 0 Å². The van der Waals surface area contributed by atoms with Crippen LogP contribution in [0.3, 0.4) is 0 Å². The maximum absolute atomic E-state index is 12.6. The van der Waals surface area contributed by atoms with Crippen LogP contribution in [0, 0.1) is 0 Å². The van der Waals surface area contributed by atoms with E-state index in [4.69, 9.17) is 21.7 Å². The third kappa shape index (κ3) is 5.21. The van der Waals surface area contributed by atoms with E-state index in [1.807, 2.05) is 29.9 Å². The van der Waals surface area contributed by atoms with Gasteiger partial charge in [-0.2, -0.15) is 10.1 Å². The third-order valence-corrected chi connectivity index (χ3v) is 9.48. The fraction of sp³-hybridized carbons (Fsp3) is 0.406. The number of rotatable bonds is 5. The molecule has 7 rings (SSSR count). The zero-order valence-corrected chi connectivity index (χ0v) is 26.4. The summed E-state index contributed by atoms with van der Waals surface area (Å²) in [5.41, 5.74) is 5.49. The van der Waals surface area contributed by atoms with Crippen LogP contribution in [0.5, 0.6) is 0 Å². The molecule has 2 amide bonds. The summed E-state index contributed by atoms with van der Waals surface area (Å²) in [6.07, 6.45) is 2.28. The van der Waals surface area contributed by atoms with E-state index in [1.54, 1.807) is 18.1 Å². The minimum Gasteiger partial charge on any atom is -0.374 e. The molecule has 2 aromatic heterocycles. The highest BCUT2D eigenvalue weighted by Gasteiger charge is 2.34. The number of aryl methyl sites for hydroxylation is 1. The highest BCUT2D eigenvalue weighted by Crippen LogP contribution is 2.36. The zero-order valence-electron chi connectivity index (χ0n) is 25.7. The van der Waals surface area contributed by atoms with E-state index in [2.05, 4.69) is 57.5 Å². The van der Waals surface area contributed by atoms with Crippen molar-refractivity contribution in [3.8, 4) is 0 Å². The maximum Gasteiger partial charge on any atom is 0.231 e. The molecular weight excluding hydrogens is 594 g/mol. The fourth-order valence-electron chi connectivity index (χ4n) is 7.02. The average molecular weight is 630 g/mol. The number of likely N-dealkylation sites (N-methyl/N-ethyl adjacent to an activating group) is 1. The van der Waals surface area contributed by atoms with Crippen molar-refractivity contribution in [2.75, 3.05) is 40.2 Å². The number of piperidine rings is 1. The first-order valence-corrected chi connectivity index (χ1v) is 15.6. The molecule has 3 aliphatic heterocycles. The number of hydrogen-bond donors (Lipinski definition) is 3. The second-order valence-electron chi connectivity index (χ2n) is 12.3. The molecule has 234 valence electrons. The molecule has 2 saturated heterocycles. The van der Waals surface area contributed by atoms with Gasteiger partial charge in [-0.1, -0.05) is 11.6 Å². The van der Waals surface area contributed by atoms with Gasteiger partial charge >= 0.3 is 0 Å². The van der Waals surface area contributed by atoms with E-state index in [1.165, 1.54) is 0 Å². The first-order chi connectivity index (χ1) is 21.6. The molecule has 3 aliphatic rings. The number of aliphatic hydroxyl groups is 1. The van der Waals surface area contributed by atoms with Crippen LogP contribution in [-0.2, 0) is 23.1 Å². The normalized spacial score (nSPS) is 23.5. The molecule has 2 aromatic carbocycles. The number of nitrogens with zero attached hydrogens (tertiary/aromatic N) is 7. The van der Waals surface area contributed by atoms with Crippen LogP contribution in [-0.4, -0.2) is 75.1 Å². The summed E-state index contributed by atoms with van der Waals surface area (Å²) < 4.78 is 1.84. The molecular formula is C32H36ClN9O3. The number of hydrogen-bond acceptors (Lipinski definition) is 9. The number of aliphatic hydroxyl groups excluding tert-OH is 1. The van der Waals surface area contributed by atoms with Crippen molar-refractivity contribution >= 4 is 63.1 Å². The summed E-state index contributed by atoms with van der Waals surface area (Å²) in [6, 6.07) is 12.4. The molecule has 3 N–H and O–H groups in total. The number of nitrogens with one attached hydrogen (secondary N) is 2. The summed E-state index contributed by atoms with van der Waals surface area (Å²) >= 11 is 6.52. The highest BCUT2D eigenvalue weighted by atomic mass is 35.5. The molecule has 0 radical (unpaired) electrons. The molecule has 45 heavy (non-hydrogen) atoms. The van der Waals surface area contributed by atoms with E-state index in [0.717, 1.165) is 39.2 Å². The van der Waals surface area contributed by atoms with Gasteiger partial charge < -0.3 is 30.4 Å². The summed E-state index contributed by atoms with van der Waals surface area (Å²) in [7, 11) is 3.69. The molecule has 0 spiro atoms. The maximum atomic E-state index is 12.6. The lowest BCUT2D eigenvalue weighted by molar-refractivity contribution is -0.128. The average Bonchev–Trinajstić information content (AvgIpc) is 3.47. The smallest absolute Gasteiger partial charge is 0.231 e. The Labute approximate surface area is 266 Å². The molecule has 2 fully saturated rings. The number of aromatic nitrogens is 4. The van der Waals surface area contributed by atoms with E-state index in [-0.39, 0.29) is 29.8 Å². The number of carbonyl (C=O) groups is 2. The largest absolute Gasteiger partial charge is 0.374 e. The summed E-state index contributed by atoms with van der Waals surface area (Å²) in [6.45, 7) is 5.80. The van der Waals surface area contributed by atoms with Crippen molar-refractivity contribution in [1.82, 2.24) is 25.1 Å². The van der Waals surface area contributed by atoms with Gasteiger partial charge in [0.05, 0.1) is 29.7 Å². The lowest BCUT2D eigenvalue weighted by Gasteiger charge is -2.46. The molecule has 5 heterocycles. The van der Waals surface area contributed by atoms with E-state index < -0.39 is 6.23 Å². The molecule has 0 aliphatic carbocycles. The number of carbonyl (C=O) groups excluding carboxylic acids is 2. The minimum atomic E-state index is -0.793. The van der Waals surface area contributed by atoms with Crippen molar-refractivity contribution in [2.24, 2.45) is 7.05 Å². The minimum absolute atomic E-state index is 0.0758. The predicted molar refractivity (Wildman–Crippen MR) is 174 cm³/mol. The number of piperazine rings is 1. The lowest BCUT2D eigenvalue weighted by atomic mass is 9.92. The zero-order chi connectivity index (χ0) is 31.6. The van der Waals surface area contributed by atoms with Gasteiger partial charge in [-0.25, -0.2) is 4.98 Å². The van der Waals surface area contributed by atoms with Gasteiger partial charge in [0.2, 0.25) is 17.8 Å². The third-order valence-electron chi connectivity index (χ3n) is 9.20. The Balaban J connectivity index is 1.09. The molecule has 1 unspecified atom stereocenters. The number of halogens is 1. The summed E-state index contributed by atoms with van der Waals surface area (Å²) in [5, 5.41) is 21.9. The number of benzene rings is 2. The topological polar surface area (TPSA) is 132 Å². The van der Waals surface area contributed by atoms with Crippen molar-refractivity contribution in [3.05, 3.63) is 58.9 Å². The Hall–Kier alpha value is -4.42. The van der Waals surface area contributed by atoms with Crippen LogP contribution in [0.25, 0.3) is 10.9 Å². The van der Waals surface area contributed by atoms with Crippen LogP contribution >= 0.6 is 11.6 Å². The lowest BCUT2D eigenvalue weighted by Crippen LogP contribution is -2.57.